The minimum Gasteiger partial charge on any atom is -0.503 e. The van der Waals surface area contributed by atoms with Crippen molar-refractivity contribution in [3.63, 3.8) is 0 Å². The van der Waals surface area contributed by atoms with Gasteiger partial charge in [-0.1, -0.05) is 0 Å². The monoisotopic (exact) mass is 214 g/mol. The summed E-state index contributed by atoms with van der Waals surface area (Å²) in [6.07, 6.45) is -3.03. The molecule has 6 heteroatoms. The summed E-state index contributed by atoms with van der Waals surface area (Å²) in [5.41, 5.74) is -0.531. The molecule has 0 amide bonds. The fourth-order valence-corrected chi connectivity index (χ4v) is 1.11. The van der Waals surface area contributed by atoms with Gasteiger partial charge in [0, 0.05) is 0 Å². The Kier molecular flexibility index (Phi) is 3.39. The molecule has 4 nitrogen and oxygen atoms in total. The van der Waals surface area contributed by atoms with E-state index in [-0.39, 0.29) is 23.6 Å². The molecule has 0 atom stereocenters. The molecular weight excluding hydrogens is 206 g/mol. The average molecular weight is 214 g/mol. The van der Waals surface area contributed by atoms with Gasteiger partial charge in [0.2, 0.25) is 0 Å². The van der Waals surface area contributed by atoms with Crippen molar-refractivity contribution in [1.29, 1.82) is 5.26 Å². The number of hydrogen-bond acceptors (Lipinski definition) is 4. The summed E-state index contributed by atoms with van der Waals surface area (Å²) >= 11 is 0. The van der Waals surface area contributed by atoms with Gasteiger partial charge in [-0.15, -0.1) is 0 Å². The molecule has 1 heterocycles. The lowest BCUT2D eigenvalue weighted by atomic mass is 10.1. The number of aromatic nitrogens is 1. The van der Waals surface area contributed by atoms with Crippen molar-refractivity contribution in [2.24, 2.45) is 0 Å². The minimum atomic E-state index is -2.80. The van der Waals surface area contributed by atoms with Crippen molar-refractivity contribution >= 4 is 0 Å². The van der Waals surface area contributed by atoms with Gasteiger partial charge in [0.15, 0.2) is 5.75 Å². The van der Waals surface area contributed by atoms with Crippen LogP contribution in [0, 0.1) is 11.3 Å². The number of hydrogen-bond donors (Lipinski definition) is 1. The fraction of sp³-hybridized carbons (Fsp3) is 0.333. The van der Waals surface area contributed by atoms with Gasteiger partial charge in [-0.3, -0.25) is 0 Å². The summed E-state index contributed by atoms with van der Waals surface area (Å²) in [6.45, 7) is 0. The molecule has 0 aliphatic rings. The molecular formula is C9H8F2N2O2. The molecule has 0 radical (unpaired) electrons. The van der Waals surface area contributed by atoms with Crippen molar-refractivity contribution < 1.29 is 18.6 Å². The maximum absolute atomic E-state index is 12.5. The van der Waals surface area contributed by atoms with Crippen LogP contribution in [-0.2, 0) is 6.42 Å². The van der Waals surface area contributed by atoms with Crippen LogP contribution >= 0.6 is 0 Å². The first-order chi connectivity index (χ1) is 7.10. The van der Waals surface area contributed by atoms with E-state index in [1.54, 1.807) is 6.07 Å². The molecule has 0 fully saturated rings. The van der Waals surface area contributed by atoms with Crippen LogP contribution in [0.3, 0.4) is 0 Å². The van der Waals surface area contributed by atoms with Gasteiger partial charge in [0.1, 0.15) is 5.69 Å². The first kappa shape index (κ1) is 11.2. The second kappa shape index (κ2) is 4.55. The highest BCUT2D eigenvalue weighted by Crippen LogP contribution is 2.30. The summed E-state index contributed by atoms with van der Waals surface area (Å²) in [6, 6.07) is 2.78. The molecule has 0 saturated carbocycles. The first-order valence-electron chi connectivity index (χ1n) is 4.02. The van der Waals surface area contributed by atoms with E-state index in [9.17, 15) is 13.9 Å². The van der Waals surface area contributed by atoms with E-state index >= 15 is 0 Å². The molecule has 0 bridgehead atoms. The quantitative estimate of drug-likeness (QED) is 0.833. The standard InChI is InChI=1S/C9H8F2N2O2/c1-15-9-6(14)4-5(2-3-12)7(13-9)8(10)11/h4,8,14H,2H2,1H3. The maximum atomic E-state index is 12.5. The summed E-state index contributed by atoms with van der Waals surface area (Å²) in [5, 5.41) is 17.7. The fourth-order valence-electron chi connectivity index (χ4n) is 1.11. The molecule has 1 N–H and O–H groups in total. The van der Waals surface area contributed by atoms with E-state index in [0.29, 0.717) is 0 Å². The number of methoxy groups -OCH3 is 1. The predicted octanol–water partition coefficient (Wildman–Crippen LogP) is 1.80. The Bertz CT molecular complexity index is 402. The molecule has 1 rings (SSSR count). The van der Waals surface area contributed by atoms with Crippen LogP contribution in [0.25, 0.3) is 0 Å². The normalized spacial score (nSPS) is 10.1. The van der Waals surface area contributed by atoms with Crippen LogP contribution in [0.4, 0.5) is 8.78 Å². The van der Waals surface area contributed by atoms with Crippen LogP contribution in [0.15, 0.2) is 6.07 Å². The molecule has 15 heavy (non-hydrogen) atoms. The average Bonchev–Trinajstić information content (AvgIpc) is 2.18. The van der Waals surface area contributed by atoms with Crippen LogP contribution in [0.5, 0.6) is 11.6 Å². The smallest absolute Gasteiger partial charge is 0.280 e. The van der Waals surface area contributed by atoms with E-state index in [0.717, 1.165) is 6.07 Å². The Hall–Kier alpha value is -1.90. The zero-order valence-corrected chi connectivity index (χ0v) is 7.87. The Balaban J connectivity index is 3.26. The van der Waals surface area contributed by atoms with Gasteiger partial charge in [0.25, 0.3) is 12.3 Å². The van der Waals surface area contributed by atoms with Gasteiger partial charge in [-0.05, 0) is 11.6 Å². The highest BCUT2D eigenvalue weighted by molar-refractivity contribution is 5.40. The molecule has 1 aromatic rings. The van der Waals surface area contributed by atoms with Gasteiger partial charge in [-0.25, -0.2) is 13.8 Å². The molecule has 0 saturated heterocycles. The summed E-state index contributed by atoms with van der Waals surface area (Å²) in [4.78, 5) is 3.44. The minimum absolute atomic E-state index is 0.00537. The van der Waals surface area contributed by atoms with Gasteiger partial charge in [0.05, 0.1) is 19.6 Å². The Labute approximate surface area is 84.7 Å². The third-order valence-electron chi connectivity index (χ3n) is 1.75. The van der Waals surface area contributed by atoms with Crippen molar-refractivity contribution in [2.75, 3.05) is 7.11 Å². The lowest BCUT2D eigenvalue weighted by Gasteiger charge is -2.08. The lowest BCUT2D eigenvalue weighted by Crippen LogP contribution is -2.00. The second-order valence-corrected chi connectivity index (χ2v) is 2.70. The van der Waals surface area contributed by atoms with E-state index in [1.165, 1.54) is 7.11 Å². The number of halogens is 2. The maximum Gasteiger partial charge on any atom is 0.280 e. The summed E-state index contributed by atoms with van der Waals surface area (Å²) in [5.74, 6) is -0.626. The number of nitrogens with zero attached hydrogens (tertiary/aromatic N) is 2. The molecule has 80 valence electrons. The number of nitriles is 1. The molecule has 1 aromatic heterocycles. The van der Waals surface area contributed by atoms with Crippen LogP contribution in [0.2, 0.25) is 0 Å². The van der Waals surface area contributed by atoms with Gasteiger partial charge < -0.3 is 9.84 Å². The first-order valence-corrected chi connectivity index (χ1v) is 4.02. The van der Waals surface area contributed by atoms with Gasteiger partial charge >= 0.3 is 0 Å². The SMILES string of the molecule is COc1nc(C(F)F)c(CC#N)cc1O. The number of aromatic hydroxyl groups is 1. The topological polar surface area (TPSA) is 66.1 Å². The third kappa shape index (κ3) is 2.31. The zero-order valence-electron chi connectivity index (χ0n) is 7.87. The summed E-state index contributed by atoms with van der Waals surface area (Å²) in [7, 11) is 1.21. The second-order valence-electron chi connectivity index (χ2n) is 2.70. The van der Waals surface area contributed by atoms with Crippen LogP contribution in [-0.4, -0.2) is 17.2 Å². The Morgan fingerprint density at radius 3 is 2.80 bits per heavy atom. The third-order valence-corrected chi connectivity index (χ3v) is 1.75. The van der Waals surface area contributed by atoms with Crippen molar-refractivity contribution in [2.45, 2.75) is 12.8 Å². The van der Waals surface area contributed by atoms with E-state index in [1.807, 2.05) is 0 Å². The summed E-state index contributed by atoms with van der Waals surface area (Å²) < 4.78 is 29.6. The van der Waals surface area contributed by atoms with Crippen LogP contribution < -0.4 is 4.74 Å². The van der Waals surface area contributed by atoms with E-state index in [2.05, 4.69) is 9.72 Å². The van der Waals surface area contributed by atoms with Crippen molar-refractivity contribution in [1.82, 2.24) is 4.98 Å². The number of pyridine rings is 1. The Morgan fingerprint density at radius 2 is 2.33 bits per heavy atom. The van der Waals surface area contributed by atoms with Crippen molar-refractivity contribution in [3.05, 3.63) is 17.3 Å². The predicted molar refractivity (Wildman–Crippen MR) is 46.7 cm³/mol. The number of alkyl halides is 2. The molecule has 0 aliphatic heterocycles. The highest BCUT2D eigenvalue weighted by Gasteiger charge is 2.18. The zero-order chi connectivity index (χ0) is 11.4. The molecule has 0 spiro atoms. The molecule has 0 aromatic carbocycles. The number of ether oxygens (including phenoxy) is 1. The van der Waals surface area contributed by atoms with Crippen molar-refractivity contribution in [3.8, 4) is 17.7 Å². The largest absolute Gasteiger partial charge is 0.503 e. The lowest BCUT2D eigenvalue weighted by molar-refractivity contribution is 0.143. The van der Waals surface area contributed by atoms with E-state index < -0.39 is 12.1 Å². The van der Waals surface area contributed by atoms with Gasteiger partial charge in [-0.2, -0.15) is 5.26 Å². The molecule has 0 aliphatic carbocycles. The molecule has 0 unspecified atom stereocenters. The highest BCUT2D eigenvalue weighted by atomic mass is 19.3. The Morgan fingerprint density at radius 1 is 1.67 bits per heavy atom. The number of rotatable bonds is 3. The van der Waals surface area contributed by atoms with E-state index in [4.69, 9.17) is 5.26 Å². The van der Waals surface area contributed by atoms with Crippen LogP contribution in [0.1, 0.15) is 17.7 Å².